The van der Waals surface area contributed by atoms with Crippen LogP contribution in [-0.2, 0) is 19.4 Å². The van der Waals surface area contributed by atoms with Crippen molar-refractivity contribution in [1.82, 2.24) is 15.0 Å². The van der Waals surface area contributed by atoms with E-state index in [4.69, 9.17) is 10.2 Å². The molecule has 3 atom stereocenters. The van der Waals surface area contributed by atoms with Crippen molar-refractivity contribution in [3.8, 4) is 0 Å². The van der Waals surface area contributed by atoms with Crippen molar-refractivity contribution in [2.24, 2.45) is 22.7 Å². The molecule has 142 valence electrons. The molecule has 0 radical (unpaired) electrons. The third-order valence-corrected chi connectivity index (χ3v) is 6.31. The fourth-order valence-corrected chi connectivity index (χ4v) is 5.35. The van der Waals surface area contributed by atoms with Crippen molar-refractivity contribution < 1.29 is 5.11 Å². The molecule has 2 aliphatic rings. The Bertz CT molecular complexity index is 561. The second-order valence-corrected chi connectivity index (χ2v) is 10.4. The lowest BCUT2D eigenvalue weighted by Gasteiger charge is -2.44. The van der Waals surface area contributed by atoms with Gasteiger partial charge in [0, 0.05) is 5.92 Å². The Balaban J connectivity index is 1.67. The van der Waals surface area contributed by atoms with Crippen molar-refractivity contribution in [2.45, 2.75) is 98.6 Å². The molecule has 1 saturated carbocycles. The Morgan fingerprint density at radius 1 is 1.00 bits per heavy atom. The SMILES string of the molecule is CC(C)(C)CC(C)(C)C1CCC(O)C(Cn2nc3c(n2)CCCC3)C1. The first-order valence-electron chi connectivity index (χ1n) is 10.2. The average molecular weight is 348 g/mol. The fourth-order valence-electron chi connectivity index (χ4n) is 5.35. The minimum atomic E-state index is -0.204. The second kappa shape index (κ2) is 7.02. The van der Waals surface area contributed by atoms with Crippen LogP contribution < -0.4 is 0 Å². The third kappa shape index (κ3) is 4.64. The van der Waals surface area contributed by atoms with E-state index in [-0.39, 0.29) is 12.0 Å². The molecular weight excluding hydrogens is 310 g/mol. The molecule has 4 nitrogen and oxygen atoms in total. The van der Waals surface area contributed by atoms with Crippen LogP contribution in [0.1, 0.15) is 84.5 Å². The summed E-state index contributed by atoms with van der Waals surface area (Å²) in [5.74, 6) is 0.956. The van der Waals surface area contributed by atoms with E-state index in [0.717, 1.165) is 38.6 Å². The van der Waals surface area contributed by atoms with Crippen molar-refractivity contribution in [2.75, 3.05) is 0 Å². The molecule has 25 heavy (non-hydrogen) atoms. The van der Waals surface area contributed by atoms with Crippen molar-refractivity contribution in [1.29, 1.82) is 0 Å². The molecule has 0 bridgehead atoms. The van der Waals surface area contributed by atoms with Gasteiger partial charge in [-0.25, -0.2) is 0 Å². The van der Waals surface area contributed by atoms with Crippen molar-refractivity contribution in [3.05, 3.63) is 11.4 Å². The highest BCUT2D eigenvalue weighted by atomic mass is 16.3. The average Bonchev–Trinajstić information content (AvgIpc) is 2.89. The molecule has 3 rings (SSSR count). The van der Waals surface area contributed by atoms with Gasteiger partial charge in [-0.2, -0.15) is 15.0 Å². The highest BCUT2D eigenvalue weighted by Crippen LogP contribution is 2.46. The number of rotatable bonds is 4. The molecule has 0 spiro atoms. The van der Waals surface area contributed by atoms with E-state index in [1.54, 1.807) is 0 Å². The first-order chi connectivity index (χ1) is 11.6. The summed E-state index contributed by atoms with van der Waals surface area (Å²) < 4.78 is 0. The molecule has 1 fully saturated rings. The summed E-state index contributed by atoms with van der Waals surface area (Å²) in [6.45, 7) is 12.6. The molecule has 1 N–H and O–H groups in total. The van der Waals surface area contributed by atoms with Gasteiger partial charge in [-0.15, -0.1) is 0 Å². The molecule has 4 heteroatoms. The predicted molar refractivity (Wildman–Crippen MR) is 101 cm³/mol. The van der Waals surface area contributed by atoms with E-state index in [2.05, 4.69) is 34.6 Å². The van der Waals surface area contributed by atoms with Gasteiger partial charge in [0.15, 0.2) is 0 Å². The molecule has 0 amide bonds. The summed E-state index contributed by atoms with van der Waals surface area (Å²) in [5, 5.41) is 20.0. The minimum absolute atomic E-state index is 0.204. The van der Waals surface area contributed by atoms with E-state index in [1.165, 1.54) is 30.7 Å². The quantitative estimate of drug-likeness (QED) is 0.878. The highest BCUT2D eigenvalue weighted by Gasteiger charge is 2.39. The Morgan fingerprint density at radius 2 is 1.60 bits per heavy atom. The van der Waals surface area contributed by atoms with Gasteiger partial charge in [-0.1, -0.05) is 34.6 Å². The van der Waals surface area contributed by atoms with Crippen LogP contribution in [0, 0.1) is 22.7 Å². The second-order valence-electron chi connectivity index (χ2n) is 10.4. The van der Waals surface area contributed by atoms with Crippen LogP contribution in [-0.4, -0.2) is 26.2 Å². The predicted octanol–water partition coefficient (Wildman–Crippen LogP) is 4.40. The number of aryl methyl sites for hydroxylation is 2. The van der Waals surface area contributed by atoms with E-state index in [9.17, 15) is 5.11 Å². The summed E-state index contributed by atoms with van der Waals surface area (Å²) in [4.78, 5) is 1.89. The van der Waals surface area contributed by atoms with E-state index in [0.29, 0.717) is 16.7 Å². The Labute approximate surface area is 153 Å². The number of aliphatic hydroxyl groups excluding tert-OH is 1. The normalized spacial score (nSPS) is 28.0. The van der Waals surface area contributed by atoms with Crippen LogP contribution in [0.2, 0.25) is 0 Å². The smallest absolute Gasteiger partial charge is 0.0859 e. The lowest BCUT2D eigenvalue weighted by atomic mass is 9.62. The number of aliphatic hydroxyl groups is 1. The number of hydrogen-bond acceptors (Lipinski definition) is 3. The van der Waals surface area contributed by atoms with E-state index >= 15 is 0 Å². The molecule has 1 aromatic heterocycles. The Kier molecular flexibility index (Phi) is 5.30. The van der Waals surface area contributed by atoms with Crippen LogP contribution in [0.25, 0.3) is 0 Å². The molecule has 1 aromatic rings. The standard InChI is InChI=1S/C21H37N3O/c1-20(2,3)14-21(4,5)16-10-11-19(25)15(12-16)13-24-22-17-8-6-7-9-18(17)23-24/h15-16,19,25H,6-14H2,1-5H3. The van der Waals surface area contributed by atoms with Gasteiger partial charge >= 0.3 is 0 Å². The maximum atomic E-state index is 10.6. The van der Waals surface area contributed by atoms with Crippen LogP contribution in [0.5, 0.6) is 0 Å². The zero-order valence-electron chi connectivity index (χ0n) is 16.9. The molecule has 0 saturated heterocycles. The molecule has 1 heterocycles. The van der Waals surface area contributed by atoms with Gasteiger partial charge < -0.3 is 5.11 Å². The van der Waals surface area contributed by atoms with Crippen LogP contribution in [0.4, 0.5) is 0 Å². The molecule has 3 unspecified atom stereocenters. The summed E-state index contributed by atoms with van der Waals surface area (Å²) >= 11 is 0. The zero-order valence-corrected chi connectivity index (χ0v) is 16.9. The third-order valence-electron chi connectivity index (χ3n) is 6.31. The topological polar surface area (TPSA) is 50.9 Å². The molecule has 0 aromatic carbocycles. The van der Waals surface area contributed by atoms with Crippen LogP contribution in [0.15, 0.2) is 0 Å². The van der Waals surface area contributed by atoms with Crippen molar-refractivity contribution in [3.63, 3.8) is 0 Å². The van der Waals surface area contributed by atoms with E-state index in [1.807, 2.05) is 4.80 Å². The van der Waals surface area contributed by atoms with E-state index < -0.39 is 0 Å². The maximum absolute atomic E-state index is 10.6. The zero-order chi connectivity index (χ0) is 18.2. The number of hydrogen-bond donors (Lipinski definition) is 1. The van der Waals surface area contributed by atoms with Gasteiger partial charge in [0.25, 0.3) is 0 Å². The lowest BCUT2D eigenvalue weighted by molar-refractivity contribution is -0.00620. The number of aromatic nitrogens is 3. The van der Waals surface area contributed by atoms with Crippen molar-refractivity contribution >= 4 is 0 Å². The largest absolute Gasteiger partial charge is 0.393 e. The number of fused-ring (bicyclic) bond motifs is 1. The molecule has 2 aliphatic carbocycles. The van der Waals surface area contributed by atoms with Gasteiger partial charge in [0.2, 0.25) is 0 Å². The summed E-state index contributed by atoms with van der Waals surface area (Å²) in [5.41, 5.74) is 3.05. The summed E-state index contributed by atoms with van der Waals surface area (Å²) in [6, 6.07) is 0. The molecule has 0 aliphatic heterocycles. The van der Waals surface area contributed by atoms with Gasteiger partial charge in [-0.3, -0.25) is 0 Å². The lowest BCUT2D eigenvalue weighted by Crippen LogP contribution is -2.39. The monoisotopic (exact) mass is 347 g/mol. The minimum Gasteiger partial charge on any atom is -0.393 e. The summed E-state index contributed by atoms with van der Waals surface area (Å²) in [6.07, 6.45) is 8.80. The first kappa shape index (κ1) is 18.9. The Morgan fingerprint density at radius 3 is 2.16 bits per heavy atom. The fraction of sp³-hybridized carbons (Fsp3) is 0.905. The van der Waals surface area contributed by atoms with Gasteiger partial charge in [0.1, 0.15) is 0 Å². The summed E-state index contributed by atoms with van der Waals surface area (Å²) in [7, 11) is 0. The Hall–Kier alpha value is -0.900. The molecular formula is C21H37N3O. The number of nitrogens with zero attached hydrogens (tertiary/aromatic N) is 3. The first-order valence-corrected chi connectivity index (χ1v) is 10.2. The highest BCUT2D eigenvalue weighted by molar-refractivity contribution is 5.12. The maximum Gasteiger partial charge on any atom is 0.0859 e. The van der Waals surface area contributed by atoms with Crippen LogP contribution in [0.3, 0.4) is 0 Å². The van der Waals surface area contributed by atoms with Crippen LogP contribution >= 0.6 is 0 Å². The van der Waals surface area contributed by atoms with Gasteiger partial charge in [0.05, 0.1) is 24.0 Å². The van der Waals surface area contributed by atoms with Gasteiger partial charge in [-0.05, 0) is 68.1 Å².